The molecule has 1 saturated heterocycles. The maximum absolute atomic E-state index is 13.1. The molecule has 0 radical (unpaired) electrons. The first-order valence-electron chi connectivity index (χ1n) is 9.66. The number of carbonyl (C=O) groups excluding carboxylic acids is 1. The number of nitrogens with zero attached hydrogens (tertiary/aromatic N) is 3. The predicted octanol–water partition coefficient (Wildman–Crippen LogP) is 3.14. The molecule has 2 aromatic carbocycles. The van der Waals surface area contributed by atoms with Crippen LogP contribution in [0.5, 0.6) is 0 Å². The number of nitro benzene ring substituents is 1. The van der Waals surface area contributed by atoms with E-state index in [1.54, 1.807) is 6.07 Å². The van der Waals surface area contributed by atoms with E-state index in [0.717, 1.165) is 10.4 Å². The number of para-hydroxylation sites is 1. The molecule has 0 N–H and O–H groups in total. The molecular formula is C21H18FN3O6S. The number of sulfonamides is 1. The van der Waals surface area contributed by atoms with Gasteiger partial charge in [0.1, 0.15) is 11.6 Å². The fourth-order valence-corrected chi connectivity index (χ4v) is 5.05. The van der Waals surface area contributed by atoms with Crippen molar-refractivity contribution in [1.29, 1.82) is 0 Å². The number of piperazine rings is 1. The lowest BCUT2D eigenvalue weighted by molar-refractivity contribution is -0.387. The van der Waals surface area contributed by atoms with Crippen LogP contribution in [0.2, 0.25) is 0 Å². The van der Waals surface area contributed by atoms with E-state index < -0.39 is 26.5 Å². The first kappa shape index (κ1) is 21.7. The van der Waals surface area contributed by atoms with Crippen LogP contribution in [0.15, 0.2) is 70.0 Å². The standard InChI is InChI=1S/C21H18FN3O6S/c22-16-7-5-15(6-8-16)18-9-10-19(31-18)21(26)23-11-13-24(14-12-23)32(29,30)20-4-2-1-3-17(20)25(27)28/h1-10H,11-14H2. The second-order valence-electron chi connectivity index (χ2n) is 7.09. The maximum atomic E-state index is 13.1. The number of rotatable bonds is 5. The molecule has 166 valence electrons. The highest BCUT2D eigenvalue weighted by Crippen LogP contribution is 2.28. The van der Waals surface area contributed by atoms with Gasteiger partial charge < -0.3 is 9.32 Å². The van der Waals surface area contributed by atoms with Gasteiger partial charge in [-0.25, -0.2) is 12.8 Å². The molecule has 9 nitrogen and oxygen atoms in total. The van der Waals surface area contributed by atoms with Gasteiger partial charge in [0.25, 0.3) is 11.6 Å². The van der Waals surface area contributed by atoms with Gasteiger partial charge in [-0.3, -0.25) is 14.9 Å². The second kappa shape index (κ2) is 8.52. The molecule has 0 spiro atoms. The Morgan fingerprint density at radius 2 is 1.62 bits per heavy atom. The van der Waals surface area contributed by atoms with Crippen molar-refractivity contribution < 1.29 is 26.9 Å². The largest absolute Gasteiger partial charge is 0.451 e. The van der Waals surface area contributed by atoms with Gasteiger partial charge in [0.05, 0.1) is 4.92 Å². The molecule has 0 atom stereocenters. The van der Waals surface area contributed by atoms with E-state index in [1.165, 1.54) is 53.4 Å². The van der Waals surface area contributed by atoms with Crippen molar-refractivity contribution in [2.45, 2.75) is 4.90 Å². The lowest BCUT2D eigenvalue weighted by atomic mass is 10.2. The van der Waals surface area contributed by atoms with Crippen molar-refractivity contribution in [1.82, 2.24) is 9.21 Å². The Morgan fingerprint density at radius 1 is 0.969 bits per heavy atom. The molecule has 1 fully saturated rings. The molecule has 1 amide bonds. The number of furan rings is 1. The molecule has 0 aliphatic carbocycles. The van der Waals surface area contributed by atoms with Crippen molar-refractivity contribution in [2.24, 2.45) is 0 Å². The number of benzene rings is 2. The Morgan fingerprint density at radius 3 is 2.28 bits per heavy atom. The Labute approximate surface area is 182 Å². The van der Waals surface area contributed by atoms with Crippen LogP contribution in [0.1, 0.15) is 10.6 Å². The Bertz CT molecular complexity index is 1260. The molecule has 0 saturated carbocycles. The average molecular weight is 459 g/mol. The first-order chi connectivity index (χ1) is 15.3. The van der Waals surface area contributed by atoms with Crippen molar-refractivity contribution >= 4 is 21.6 Å². The van der Waals surface area contributed by atoms with Gasteiger partial charge in [-0.15, -0.1) is 0 Å². The summed E-state index contributed by atoms with van der Waals surface area (Å²) in [6.07, 6.45) is 0. The number of nitro groups is 1. The van der Waals surface area contributed by atoms with E-state index in [9.17, 15) is 27.7 Å². The fraction of sp³-hybridized carbons (Fsp3) is 0.190. The molecule has 11 heteroatoms. The SMILES string of the molecule is O=C(c1ccc(-c2ccc(F)cc2)o1)N1CCN(S(=O)(=O)c2ccccc2[N+](=O)[O-])CC1. The van der Waals surface area contributed by atoms with Gasteiger partial charge in [0.15, 0.2) is 10.7 Å². The van der Waals surface area contributed by atoms with E-state index in [0.29, 0.717) is 11.3 Å². The molecule has 2 heterocycles. The quantitative estimate of drug-likeness (QED) is 0.428. The summed E-state index contributed by atoms with van der Waals surface area (Å²) in [5.74, 6) is -0.295. The summed E-state index contributed by atoms with van der Waals surface area (Å²) in [5.41, 5.74) is 0.126. The van der Waals surface area contributed by atoms with E-state index >= 15 is 0 Å². The van der Waals surface area contributed by atoms with Gasteiger partial charge >= 0.3 is 0 Å². The zero-order valence-electron chi connectivity index (χ0n) is 16.7. The van der Waals surface area contributed by atoms with Crippen LogP contribution in [0.3, 0.4) is 0 Å². The highest BCUT2D eigenvalue weighted by molar-refractivity contribution is 7.89. The van der Waals surface area contributed by atoms with Crippen LogP contribution < -0.4 is 0 Å². The summed E-state index contributed by atoms with van der Waals surface area (Å²) in [5, 5.41) is 11.2. The molecular weight excluding hydrogens is 441 g/mol. The van der Waals surface area contributed by atoms with Crippen molar-refractivity contribution in [3.8, 4) is 11.3 Å². The molecule has 3 aromatic rings. The van der Waals surface area contributed by atoms with Crippen LogP contribution >= 0.6 is 0 Å². The van der Waals surface area contributed by atoms with Gasteiger partial charge in [-0.1, -0.05) is 12.1 Å². The molecule has 32 heavy (non-hydrogen) atoms. The lowest BCUT2D eigenvalue weighted by Crippen LogP contribution is -2.50. The van der Waals surface area contributed by atoms with Gasteiger partial charge in [0.2, 0.25) is 10.0 Å². The summed E-state index contributed by atoms with van der Waals surface area (Å²) < 4.78 is 45.7. The number of amides is 1. The van der Waals surface area contributed by atoms with Gasteiger partial charge in [-0.05, 0) is 42.5 Å². The van der Waals surface area contributed by atoms with Crippen molar-refractivity contribution in [3.05, 3.63) is 82.4 Å². The minimum atomic E-state index is -4.09. The minimum absolute atomic E-state index is 0.00828. The highest BCUT2D eigenvalue weighted by atomic mass is 32.2. The molecule has 1 aliphatic heterocycles. The Balaban J connectivity index is 1.45. The van der Waals surface area contributed by atoms with E-state index in [1.807, 2.05) is 0 Å². The summed E-state index contributed by atoms with van der Waals surface area (Å²) in [4.78, 5) is 24.3. The summed E-state index contributed by atoms with van der Waals surface area (Å²) in [6.45, 7) is 0.188. The van der Waals surface area contributed by atoms with Crippen LogP contribution in [0.25, 0.3) is 11.3 Å². The van der Waals surface area contributed by atoms with Crippen molar-refractivity contribution in [2.75, 3.05) is 26.2 Å². The Kier molecular flexibility index (Phi) is 5.76. The molecule has 4 rings (SSSR count). The summed E-state index contributed by atoms with van der Waals surface area (Å²) >= 11 is 0. The second-order valence-corrected chi connectivity index (χ2v) is 9.00. The van der Waals surface area contributed by atoms with Crippen LogP contribution in [-0.2, 0) is 10.0 Å². The highest BCUT2D eigenvalue weighted by Gasteiger charge is 2.35. The van der Waals surface area contributed by atoms with E-state index in [2.05, 4.69) is 0 Å². The smallest absolute Gasteiger partial charge is 0.289 e. The third kappa shape index (κ3) is 4.12. The third-order valence-corrected chi connectivity index (χ3v) is 7.10. The fourth-order valence-electron chi connectivity index (χ4n) is 3.47. The molecule has 1 aromatic heterocycles. The summed E-state index contributed by atoms with van der Waals surface area (Å²) in [7, 11) is -4.09. The minimum Gasteiger partial charge on any atom is -0.451 e. The van der Waals surface area contributed by atoms with Gasteiger partial charge in [-0.2, -0.15) is 4.31 Å². The summed E-state index contributed by atoms with van der Waals surface area (Å²) in [6, 6.07) is 13.9. The zero-order valence-corrected chi connectivity index (χ0v) is 17.5. The Hall–Kier alpha value is -3.57. The monoisotopic (exact) mass is 459 g/mol. The molecule has 1 aliphatic rings. The maximum Gasteiger partial charge on any atom is 0.289 e. The van der Waals surface area contributed by atoms with Crippen molar-refractivity contribution in [3.63, 3.8) is 0 Å². The number of carbonyl (C=O) groups is 1. The third-order valence-electron chi connectivity index (χ3n) is 5.15. The molecule has 0 bridgehead atoms. The van der Waals surface area contributed by atoms with Crippen LogP contribution in [0, 0.1) is 15.9 Å². The predicted molar refractivity (Wildman–Crippen MR) is 112 cm³/mol. The number of halogens is 1. The molecule has 0 unspecified atom stereocenters. The van der Waals surface area contributed by atoms with Crippen LogP contribution in [0.4, 0.5) is 10.1 Å². The van der Waals surface area contributed by atoms with Gasteiger partial charge in [0, 0.05) is 37.8 Å². The first-order valence-corrected chi connectivity index (χ1v) is 11.1. The number of hydrogen-bond donors (Lipinski definition) is 0. The van der Waals surface area contributed by atoms with E-state index in [-0.39, 0.29) is 42.7 Å². The lowest BCUT2D eigenvalue weighted by Gasteiger charge is -2.33. The van der Waals surface area contributed by atoms with Crippen LogP contribution in [-0.4, -0.2) is 54.6 Å². The average Bonchev–Trinajstić information content (AvgIpc) is 3.29. The van der Waals surface area contributed by atoms with E-state index in [4.69, 9.17) is 4.42 Å². The topological polar surface area (TPSA) is 114 Å². The normalized spacial score (nSPS) is 15.0. The number of hydrogen-bond acceptors (Lipinski definition) is 6. The zero-order chi connectivity index (χ0) is 22.9.